The SMILES string of the molecule is CN1CC(NC(=O)CC2(N)CCCCC2)CCC1=O. The summed E-state index contributed by atoms with van der Waals surface area (Å²) in [5, 5.41) is 3.03. The first-order chi connectivity index (χ1) is 8.98. The summed E-state index contributed by atoms with van der Waals surface area (Å²) in [7, 11) is 1.78. The van der Waals surface area contributed by atoms with Gasteiger partial charge in [0.2, 0.25) is 11.8 Å². The standard InChI is InChI=1S/C14H25N3O2/c1-17-10-11(5-6-13(17)19)16-12(18)9-14(15)7-3-2-4-8-14/h11H,2-10,15H2,1H3,(H,16,18). The van der Waals surface area contributed by atoms with E-state index in [-0.39, 0.29) is 23.4 Å². The molecule has 0 spiro atoms. The Labute approximate surface area is 114 Å². The van der Waals surface area contributed by atoms with Gasteiger partial charge in [-0.05, 0) is 19.3 Å². The summed E-state index contributed by atoms with van der Waals surface area (Å²) in [5.41, 5.74) is 5.98. The number of likely N-dealkylation sites (N-methyl/N-ethyl adjacent to an activating group) is 1. The predicted molar refractivity (Wildman–Crippen MR) is 73.4 cm³/mol. The molecule has 1 saturated carbocycles. The molecule has 0 aromatic carbocycles. The maximum atomic E-state index is 12.1. The molecule has 1 saturated heterocycles. The lowest BCUT2D eigenvalue weighted by Crippen LogP contribution is -2.51. The molecule has 0 aromatic rings. The molecule has 0 aromatic heterocycles. The van der Waals surface area contributed by atoms with Gasteiger partial charge in [0.25, 0.3) is 0 Å². The monoisotopic (exact) mass is 267 g/mol. The average molecular weight is 267 g/mol. The van der Waals surface area contributed by atoms with Crippen LogP contribution in [-0.2, 0) is 9.59 Å². The molecule has 5 nitrogen and oxygen atoms in total. The molecule has 2 aliphatic rings. The second-order valence-corrected chi connectivity index (χ2v) is 6.18. The van der Waals surface area contributed by atoms with Crippen molar-refractivity contribution in [3.8, 4) is 0 Å². The fourth-order valence-electron chi connectivity index (χ4n) is 3.16. The first kappa shape index (κ1) is 14.3. The van der Waals surface area contributed by atoms with E-state index in [2.05, 4.69) is 5.32 Å². The van der Waals surface area contributed by atoms with E-state index < -0.39 is 0 Å². The third-order valence-electron chi connectivity index (χ3n) is 4.35. The van der Waals surface area contributed by atoms with Gasteiger partial charge in [0, 0.05) is 38.0 Å². The molecule has 1 atom stereocenters. The highest BCUT2D eigenvalue weighted by atomic mass is 16.2. The van der Waals surface area contributed by atoms with Gasteiger partial charge < -0.3 is 16.0 Å². The van der Waals surface area contributed by atoms with E-state index in [1.807, 2.05) is 0 Å². The van der Waals surface area contributed by atoms with Gasteiger partial charge in [0.15, 0.2) is 0 Å². The maximum absolute atomic E-state index is 12.1. The smallest absolute Gasteiger partial charge is 0.222 e. The minimum absolute atomic E-state index is 0.0390. The quantitative estimate of drug-likeness (QED) is 0.793. The lowest BCUT2D eigenvalue weighted by molar-refractivity contribution is -0.134. The number of rotatable bonds is 3. The van der Waals surface area contributed by atoms with Crippen molar-refractivity contribution in [1.82, 2.24) is 10.2 Å². The highest BCUT2D eigenvalue weighted by Gasteiger charge is 2.31. The topological polar surface area (TPSA) is 75.4 Å². The van der Waals surface area contributed by atoms with Crippen LogP contribution >= 0.6 is 0 Å². The molecule has 0 radical (unpaired) electrons. The fourth-order valence-corrected chi connectivity index (χ4v) is 3.16. The van der Waals surface area contributed by atoms with E-state index in [0.717, 1.165) is 32.1 Å². The number of amides is 2. The van der Waals surface area contributed by atoms with Gasteiger partial charge >= 0.3 is 0 Å². The third-order valence-corrected chi connectivity index (χ3v) is 4.35. The number of nitrogens with one attached hydrogen (secondary N) is 1. The van der Waals surface area contributed by atoms with E-state index in [1.165, 1.54) is 6.42 Å². The Morgan fingerprint density at radius 2 is 2.11 bits per heavy atom. The van der Waals surface area contributed by atoms with Crippen LogP contribution in [-0.4, -0.2) is 41.9 Å². The van der Waals surface area contributed by atoms with E-state index in [1.54, 1.807) is 11.9 Å². The lowest BCUT2D eigenvalue weighted by Gasteiger charge is -2.34. The Morgan fingerprint density at radius 1 is 1.42 bits per heavy atom. The minimum atomic E-state index is -0.307. The Morgan fingerprint density at radius 3 is 2.74 bits per heavy atom. The van der Waals surface area contributed by atoms with Crippen molar-refractivity contribution in [2.45, 2.75) is 62.9 Å². The van der Waals surface area contributed by atoms with Crippen LogP contribution in [0.3, 0.4) is 0 Å². The third kappa shape index (κ3) is 3.93. The van der Waals surface area contributed by atoms with Crippen LogP contribution in [0.2, 0.25) is 0 Å². The van der Waals surface area contributed by atoms with Crippen molar-refractivity contribution in [3.63, 3.8) is 0 Å². The molecular weight excluding hydrogens is 242 g/mol. The van der Waals surface area contributed by atoms with Gasteiger partial charge in [-0.2, -0.15) is 0 Å². The molecule has 3 N–H and O–H groups in total. The molecule has 1 aliphatic heterocycles. The maximum Gasteiger partial charge on any atom is 0.222 e. The summed E-state index contributed by atoms with van der Waals surface area (Å²) in [6, 6.07) is 0.0855. The summed E-state index contributed by atoms with van der Waals surface area (Å²) in [5.74, 6) is 0.199. The van der Waals surface area contributed by atoms with E-state index >= 15 is 0 Å². The fraction of sp³-hybridized carbons (Fsp3) is 0.857. The number of nitrogens with two attached hydrogens (primary N) is 1. The molecule has 2 amide bonds. The Balaban J connectivity index is 1.79. The minimum Gasteiger partial charge on any atom is -0.352 e. The Kier molecular flexibility index (Phi) is 4.45. The van der Waals surface area contributed by atoms with Gasteiger partial charge in [-0.3, -0.25) is 9.59 Å². The van der Waals surface area contributed by atoms with Crippen LogP contribution in [0, 0.1) is 0 Å². The van der Waals surface area contributed by atoms with Crippen molar-refractivity contribution < 1.29 is 9.59 Å². The molecule has 19 heavy (non-hydrogen) atoms. The first-order valence-electron chi connectivity index (χ1n) is 7.31. The summed E-state index contributed by atoms with van der Waals surface area (Å²) >= 11 is 0. The second kappa shape index (κ2) is 5.90. The van der Waals surface area contributed by atoms with E-state index in [0.29, 0.717) is 19.4 Å². The van der Waals surface area contributed by atoms with E-state index in [9.17, 15) is 9.59 Å². The van der Waals surface area contributed by atoms with Crippen LogP contribution in [0.15, 0.2) is 0 Å². The van der Waals surface area contributed by atoms with E-state index in [4.69, 9.17) is 5.73 Å². The molecule has 1 heterocycles. The van der Waals surface area contributed by atoms with Crippen LogP contribution in [0.25, 0.3) is 0 Å². The van der Waals surface area contributed by atoms with Crippen LogP contribution in [0.5, 0.6) is 0 Å². The van der Waals surface area contributed by atoms with Crippen molar-refractivity contribution in [3.05, 3.63) is 0 Å². The number of piperidine rings is 1. The molecule has 0 bridgehead atoms. The average Bonchev–Trinajstić information content (AvgIpc) is 2.34. The number of hydrogen-bond acceptors (Lipinski definition) is 3. The highest BCUT2D eigenvalue weighted by molar-refractivity contribution is 5.79. The lowest BCUT2D eigenvalue weighted by atomic mass is 9.80. The second-order valence-electron chi connectivity index (χ2n) is 6.18. The highest BCUT2D eigenvalue weighted by Crippen LogP contribution is 2.28. The van der Waals surface area contributed by atoms with Crippen LogP contribution in [0.1, 0.15) is 51.4 Å². The number of nitrogens with zero attached hydrogens (tertiary/aromatic N) is 1. The van der Waals surface area contributed by atoms with Crippen LogP contribution < -0.4 is 11.1 Å². The largest absolute Gasteiger partial charge is 0.352 e. The summed E-state index contributed by atoms with van der Waals surface area (Å²) in [6.45, 7) is 0.613. The number of hydrogen-bond donors (Lipinski definition) is 2. The van der Waals surface area contributed by atoms with Gasteiger partial charge in [0.1, 0.15) is 0 Å². The number of carbonyl (C=O) groups excluding carboxylic acids is 2. The van der Waals surface area contributed by atoms with Gasteiger partial charge in [0.05, 0.1) is 0 Å². The first-order valence-corrected chi connectivity index (χ1v) is 7.31. The van der Waals surface area contributed by atoms with Crippen molar-refractivity contribution in [2.24, 2.45) is 5.73 Å². The van der Waals surface area contributed by atoms with Gasteiger partial charge in [-0.1, -0.05) is 19.3 Å². The Bertz CT molecular complexity index is 351. The molecule has 108 valence electrons. The summed E-state index contributed by atoms with van der Waals surface area (Å²) < 4.78 is 0. The summed E-state index contributed by atoms with van der Waals surface area (Å²) in [6.07, 6.45) is 7.07. The molecular formula is C14H25N3O2. The molecule has 2 fully saturated rings. The number of likely N-dealkylation sites (tertiary alicyclic amines) is 1. The van der Waals surface area contributed by atoms with Crippen molar-refractivity contribution in [1.29, 1.82) is 0 Å². The normalized spacial score (nSPS) is 27.2. The van der Waals surface area contributed by atoms with Crippen molar-refractivity contribution in [2.75, 3.05) is 13.6 Å². The predicted octanol–water partition coefficient (Wildman–Crippen LogP) is 0.775. The molecule has 2 rings (SSSR count). The van der Waals surface area contributed by atoms with Crippen molar-refractivity contribution >= 4 is 11.8 Å². The zero-order valence-electron chi connectivity index (χ0n) is 11.8. The zero-order chi connectivity index (χ0) is 13.9. The summed E-state index contributed by atoms with van der Waals surface area (Å²) in [4.78, 5) is 25.2. The van der Waals surface area contributed by atoms with Gasteiger partial charge in [-0.15, -0.1) is 0 Å². The zero-order valence-corrected chi connectivity index (χ0v) is 11.8. The molecule has 5 heteroatoms. The molecule has 1 unspecified atom stereocenters. The Hall–Kier alpha value is -1.10. The van der Waals surface area contributed by atoms with Gasteiger partial charge in [-0.25, -0.2) is 0 Å². The molecule has 1 aliphatic carbocycles. The number of carbonyl (C=O) groups is 2. The van der Waals surface area contributed by atoms with Crippen LogP contribution in [0.4, 0.5) is 0 Å².